The minimum Gasteiger partial charge on any atom is -0.300 e. The van der Waals surface area contributed by atoms with Crippen LogP contribution in [0, 0.1) is 5.82 Å². The number of imidazole rings is 1. The van der Waals surface area contributed by atoms with Crippen LogP contribution < -0.4 is 4.72 Å². The number of nitrogens with zero attached hydrogens (tertiary/aromatic N) is 2. The van der Waals surface area contributed by atoms with Gasteiger partial charge in [-0.25, -0.2) is 22.5 Å². The molecule has 1 N–H and O–H groups in total. The molecule has 0 saturated carbocycles. The molecule has 0 atom stereocenters. The molecule has 0 aliphatic rings. The normalized spacial score (nSPS) is 12.2. The largest absolute Gasteiger partial charge is 0.300 e. The lowest BCUT2D eigenvalue weighted by Crippen LogP contribution is -2.25. The van der Waals surface area contributed by atoms with Gasteiger partial charge in [-0.2, -0.15) is 0 Å². The predicted molar refractivity (Wildman–Crippen MR) is 70.0 cm³/mol. The molecular weight excluding hydrogens is 269 g/mol. The number of aromatic nitrogens is 2. The molecule has 104 valence electrons. The molecule has 0 amide bonds. The molecule has 0 aliphatic heterocycles. The average molecular weight is 285 g/mol. The highest BCUT2D eigenvalue weighted by Gasteiger charge is 2.24. The summed E-state index contributed by atoms with van der Waals surface area (Å²) in [6.07, 6.45) is 2.80. The molecule has 0 aliphatic carbocycles. The molecule has 0 spiro atoms. The van der Waals surface area contributed by atoms with Crippen LogP contribution >= 0.6 is 0 Å². The SMILES string of the molecule is CCCNS(=O)(=O)c1nc(CC)n2cccc(F)c12. The topological polar surface area (TPSA) is 63.5 Å². The van der Waals surface area contributed by atoms with Crippen LogP contribution in [0.15, 0.2) is 23.4 Å². The highest BCUT2D eigenvalue weighted by Crippen LogP contribution is 2.21. The zero-order valence-corrected chi connectivity index (χ0v) is 11.7. The van der Waals surface area contributed by atoms with Crippen LogP contribution in [0.2, 0.25) is 0 Å². The number of halogens is 1. The zero-order chi connectivity index (χ0) is 14.0. The van der Waals surface area contributed by atoms with Crippen LogP contribution in [-0.4, -0.2) is 24.3 Å². The van der Waals surface area contributed by atoms with E-state index in [1.807, 2.05) is 13.8 Å². The van der Waals surface area contributed by atoms with Gasteiger partial charge < -0.3 is 0 Å². The molecule has 5 nitrogen and oxygen atoms in total. The first kappa shape index (κ1) is 14.0. The van der Waals surface area contributed by atoms with Gasteiger partial charge in [0, 0.05) is 19.2 Å². The Labute approximate surface area is 111 Å². The fraction of sp³-hybridized carbons (Fsp3) is 0.417. The molecule has 2 aromatic rings. The van der Waals surface area contributed by atoms with Gasteiger partial charge in [0.2, 0.25) is 0 Å². The van der Waals surface area contributed by atoms with E-state index in [4.69, 9.17) is 0 Å². The molecule has 2 rings (SSSR count). The molecule has 0 saturated heterocycles. The van der Waals surface area contributed by atoms with Crippen LogP contribution in [0.1, 0.15) is 26.1 Å². The van der Waals surface area contributed by atoms with E-state index in [1.54, 1.807) is 6.20 Å². The Morgan fingerprint density at radius 3 is 2.79 bits per heavy atom. The van der Waals surface area contributed by atoms with Crippen LogP contribution in [0.3, 0.4) is 0 Å². The number of pyridine rings is 1. The van der Waals surface area contributed by atoms with Gasteiger partial charge in [0.1, 0.15) is 17.2 Å². The summed E-state index contributed by atoms with van der Waals surface area (Å²) >= 11 is 0. The molecule has 0 bridgehead atoms. The standard InChI is InChI=1S/C12H16FN3O2S/c1-3-7-14-19(17,18)12-11-9(13)6-5-8-16(11)10(4-2)15-12/h5-6,8,14H,3-4,7H2,1-2H3. The summed E-state index contributed by atoms with van der Waals surface area (Å²) in [6.45, 7) is 4.00. The number of nitrogens with one attached hydrogen (secondary N) is 1. The van der Waals surface area contributed by atoms with Crippen LogP contribution in [-0.2, 0) is 16.4 Å². The van der Waals surface area contributed by atoms with Crippen molar-refractivity contribution >= 4 is 15.5 Å². The fourth-order valence-corrected chi connectivity index (χ4v) is 3.15. The second kappa shape index (κ2) is 5.26. The molecule has 2 aromatic heterocycles. The van der Waals surface area contributed by atoms with Gasteiger partial charge >= 0.3 is 0 Å². The number of hydrogen-bond donors (Lipinski definition) is 1. The van der Waals surface area contributed by atoms with E-state index in [1.165, 1.54) is 16.5 Å². The molecule has 0 fully saturated rings. The van der Waals surface area contributed by atoms with E-state index in [-0.39, 0.29) is 10.5 Å². The third kappa shape index (κ3) is 2.48. The number of aryl methyl sites for hydroxylation is 1. The molecule has 0 radical (unpaired) electrons. The maximum Gasteiger partial charge on any atom is 0.260 e. The molecule has 7 heteroatoms. The minimum absolute atomic E-state index is 0.00273. The zero-order valence-electron chi connectivity index (χ0n) is 10.9. The second-order valence-electron chi connectivity index (χ2n) is 4.16. The summed E-state index contributed by atoms with van der Waals surface area (Å²) in [4.78, 5) is 4.07. The Hall–Kier alpha value is -1.47. The van der Waals surface area contributed by atoms with E-state index in [0.717, 1.165) is 0 Å². The summed E-state index contributed by atoms with van der Waals surface area (Å²) in [5, 5.41) is -0.240. The number of rotatable bonds is 5. The lowest BCUT2D eigenvalue weighted by atomic mass is 10.4. The van der Waals surface area contributed by atoms with Gasteiger partial charge in [0.25, 0.3) is 10.0 Å². The van der Waals surface area contributed by atoms with Crippen molar-refractivity contribution in [1.29, 1.82) is 0 Å². The van der Waals surface area contributed by atoms with E-state index >= 15 is 0 Å². The molecular formula is C12H16FN3O2S. The Morgan fingerprint density at radius 1 is 1.42 bits per heavy atom. The molecule has 2 heterocycles. The van der Waals surface area contributed by atoms with Crippen molar-refractivity contribution in [1.82, 2.24) is 14.1 Å². The van der Waals surface area contributed by atoms with Gasteiger partial charge in [0.15, 0.2) is 5.03 Å². The third-order valence-corrected chi connectivity index (χ3v) is 4.15. The number of fused-ring (bicyclic) bond motifs is 1. The Kier molecular flexibility index (Phi) is 3.86. The summed E-state index contributed by atoms with van der Waals surface area (Å²) < 4.78 is 42.1. The van der Waals surface area contributed by atoms with Crippen molar-refractivity contribution in [2.45, 2.75) is 31.7 Å². The van der Waals surface area contributed by atoms with Crippen molar-refractivity contribution in [2.24, 2.45) is 0 Å². The molecule has 0 aromatic carbocycles. The predicted octanol–water partition coefficient (Wildman–Crippen LogP) is 1.72. The first-order valence-electron chi connectivity index (χ1n) is 6.16. The lowest BCUT2D eigenvalue weighted by Gasteiger charge is -2.03. The first-order chi connectivity index (χ1) is 9.01. The van der Waals surface area contributed by atoms with Gasteiger partial charge in [-0.3, -0.25) is 4.40 Å². The fourth-order valence-electron chi connectivity index (χ4n) is 1.87. The van der Waals surface area contributed by atoms with Crippen LogP contribution in [0.4, 0.5) is 4.39 Å². The number of hydrogen-bond acceptors (Lipinski definition) is 3. The average Bonchev–Trinajstić information content (AvgIpc) is 2.77. The van der Waals surface area contributed by atoms with E-state index in [2.05, 4.69) is 9.71 Å². The van der Waals surface area contributed by atoms with Gasteiger partial charge in [-0.1, -0.05) is 13.8 Å². The maximum atomic E-state index is 13.9. The maximum absolute atomic E-state index is 13.9. The first-order valence-corrected chi connectivity index (χ1v) is 7.64. The Bertz CT molecular complexity index is 694. The monoisotopic (exact) mass is 285 g/mol. The summed E-state index contributed by atoms with van der Waals surface area (Å²) in [6, 6.07) is 2.76. The van der Waals surface area contributed by atoms with E-state index < -0.39 is 15.8 Å². The Balaban J connectivity index is 2.67. The van der Waals surface area contributed by atoms with Crippen molar-refractivity contribution in [3.63, 3.8) is 0 Å². The van der Waals surface area contributed by atoms with Crippen LogP contribution in [0.5, 0.6) is 0 Å². The van der Waals surface area contributed by atoms with E-state index in [9.17, 15) is 12.8 Å². The van der Waals surface area contributed by atoms with Crippen molar-refractivity contribution in [2.75, 3.05) is 6.54 Å². The van der Waals surface area contributed by atoms with E-state index in [0.29, 0.717) is 25.2 Å². The number of sulfonamides is 1. The molecule has 0 unspecified atom stereocenters. The lowest BCUT2D eigenvalue weighted by molar-refractivity contribution is 0.576. The van der Waals surface area contributed by atoms with Gasteiger partial charge in [-0.05, 0) is 18.6 Å². The quantitative estimate of drug-likeness (QED) is 0.910. The second-order valence-corrected chi connectivity index (χ2v) is 5.84. The van der Waals surface area contributed by atoms with Crippen molar-refractivity contribution < 1.29 is 12.8 Å². The van der Waals surface area contributed by atoms with Crippen molar-refractivity contribution in [3.05, 3.63) is 30.0 Å². The summed E-state index contributed by atoms with van der Waals surface area (Å²) in [5.41, 5.74) is 0.00273. The van der Waals surface area contributed by atoms with Crippen LogP contribution in [0.25, 0.3) is 5.52 Å². The highest BCUT2D eigenvalue weighted by atomic mass is 32.2. The minimum atomic E-state index is -3.78. The summed E-state index contributed by atoms with van der Waals surface area (Å²) in [5.74, 6) is -0.0713. The smallest absolute Gasteiger partial charge is 0.260 e. The van der Waals surface area contributed by atoms with Gasteiger partial charge in [-0.15, -0.1) is 0 Å². The molecule has 19 heavy (non-hydrogen) atoms. The van der Waals surface area contributed by atoms with Crippen molar-refractivity contribution in [3.8, 4) is 0 Å². The summed E-state index contributed by atoms with van der Waals surface area (Å²) in [7, 11) is -3.78. The van der Waals surface area contributed by atoms with Gasteiger partial charge in [0.05, 0.1) is 0 Å². The Morgan fingerprint density at radius 2 is 2.16 bits per heavy atom. The third-order valence-electron chi connectivity index (χ3n) is 2.77. The highest BCUT2D eigenvalue weighted by molar-refractivity contribution is 7.89.